The Kier molecular flexibility index (Phi) is 11.2. The number of nitrogens with one attached hydrogen (secondary N) is 2. The maximum atomic E-state index is 12.4. The fourth-order valence-corrected chi connectivity index (χ4v) is 4.48. The molecule has 1 saturated heterocycles. The van der Waals surface area contributed by atoms with Crippen LogP contribution in [0.15, 0.2) is 9.79 Å². The minimum absolute atomic E-state index is 0. The van der Waals surface area contributed by atoms with Crippen molar-refractivity contribution in [3.8, 4) is 0 Å². The Balaban J connectivity index is 0.00000320. The Labute approximate surface area is 197 Å². The van der Waals surface area contributed by atoms with E-state index in [2.05, 4.69) is 39.5 Å². The van der Waals surface area contributed by atoms with E-state index in [0.29, 0.717) is 13.1 Å². The number of aromatic nitrogens is 3. The van der Waals surface area contributed by atoms with E-state index in [1.54, 1.807) is 4.68 Å². The smallest absolute Gasteiger partial charge is 0.345 e. The van der Waals surface area contributed by atoms with E-state index in [9.17, 15) is 4.79 Å². The van der Waals surface area contributed by atoms with E-state index in [1.165, 1.54) is 32.2 Å². The summed E-state index contributed by atoms with van der Waals surface area (Å²) in [6, 6.07) is 0.740. The first-order chi connectivity index (χ1) is 14.2. The van der Waals surface area contributed by atoms with Gasteiger partial charge in [-0.3, -0.25) is 14.5 Å². The van der Waals surface area contributed by atoms with Crippen LogP contribution in [0.25, 0.3) is 0 Å². The van der Waals surface area contributed by atoms with Crippen LogP contribution < -0.4 is 16.3 Å². The van der Waals surface area contributed by atoms with Crippen LogP contribution in [0.1, 0.15) is 64.6 Å². The molecule has 0 amide bonds. The van der Waals surface area contributed by atoms with Crippen molar-refractivity contribution in [2.75, 3.05) is 32.7 Å². The maximum absolute atomic E-state index is 12.4. The SMILES string of the molecule is CCNC(=NCCCn1nc2n(c1=O)CCCC2)NCCN1CCCCC1CC.I. The van der Waals surface area contributed by atoms with Gasteiger partial charge in [0, 0.05) is 51.7 Å². The molecule has 172 valence electrons. The van der Waals surface area contributed by atoms with Crippen molar-refractivity contribution in [1.29, 1.82) is 0 Å². The topological polar surface area (TPSA) is 79.5 Å². The molecule has 0 saturated carbocycles. The standard InChI is InChI=1S/C21H39N7O.HI/c1-3-18-10-5-7-14-26(18)17-13-24-20(22-4-2)23-12-9-16-28-21(29)27-15-8-6-11-19(27)25-28;/h18H,3-17H2,1-2H3,(H2,22,23,24);1H. The van der Waals surface area contributed by atoms with Gasteiger partial charge in [-0.25, -0.2) is 9.48 Å². The normalized spacial score (nSPS) is 19.8. The molecule has 0 radical (unpaired) electrons. The molecule has 0 aromatic carbocycles. The van der Waals surface area contributed by atoms with Crippen LogP contribution in [0.2, 0.25) is 0 Å². The number of aliphatic imine (C=N–C) groups is 1. The molecule has 1 atom stereocenters. The molecule has 1 aromatic rings. The molecule has 30 heavy (non-hydrogen) atoms. The molecule has 3 rings (SSSR count). The van der Waals surface area contributed by atoms with Gasteiger partial charge in [0.1, 0.15) is 5.82 Å². The predicted octanol–water partition coefficient (Wildman–Crippen LogP) is 2.21. The van der Waals surface area contributed by atoms with Crippen LogP contribution in [0.4, 0.5) is 0 Å². The van der Waals surface area contributed by atoms with Gasteiger partial charge in [0.2, 0.25) is 0 Å². The summed E-state index contributed by atoms with van der Waals surface area (Å²) in [4.78, 5) is 19.7. The molecule has 8 nitrogen and oxygen atoms in total. The fourth-order valence-electron chi connectivity index (χ4n) is 4.48. The number of fused-ring (bicyclic) bond motifs is 1. The lowest BCUT2D eigenvalue weighted by molar-refractivity contribution is 0.147. The predicted molar refractivity (Wildman–Crippen MR) is 133 cm³/mol. The number of hydrogen-bond acceptors (Lipinski definition) is 4. The summed E-state index contributed by atoms with van der Waals surface area (Å²) in [7, 11) is 0. The van der Waals surface area contributed by atoms with Crippen molar-refractivity contribution in [2.45, 2.75) is 84.3 Å². The van der Waals surface area contributed by atoms with Gasteiger partial charge in [-0.1, -0.05) is 13.3 Å². The molecule has 1 aromatic heterocycles. The quantitative estimate of drug-likeness (QED) is 0.220. The second kappa shape index (κ2) is 13.3. The summed E-state index contributed by atoms with van der Waals surface area (Å²) in [5.41, 5.74) is 0.0423. The molecule has 0 aliphatic carbocycles. The number of likely N-dealkylation sites (tertiary alicyclic amines) is 1. The van der Waals surface area contributed by atoms with Crippen LogP contribution in [0.5, 0.6) is 0 Å². The van der Waals surface area contributed by atoms with E-state index < -0.39 is 0 Å². The molecule has 0 bridgehead atoms. The largest absolute Gasteiger partial charge is 0.357 e. The fraction of sp³-hybridized carbons (Fsp3) is 0.857. The van der Waals surface area contributed by atoms with Crippen molar-refractivity contribution >= 4 is 29.9 Å². The van der Waals surface area contributed by atoms with Crippen molar-refractivity contribution in [1.82, 2.24) is 29.9 Å². The first-order valence-corrected chi connectivity index (χ1v) is 11.7. The van der Waals surface area contributed by atoms with Crippen molar-refractivity contribution in [3.63, 3.8) is 0 Å². The summed E-state index contributed by atoms with van der Waals surface area (Å²) in [6.45, 7) is 10.6. The number of nitrogens with zero attached hydrogens (tertiary/aromatic N) is 5. The molecule has 1 fully saturated rings. The highest BCUT2D eigenvalue weighted by Gasteiger charge is 2.20. The molecule has 2 N–H and O–H groups in total. The molecule has 1 unspecified atom stereocenters. The van der Waals surface area contributed by atoms with Gasteiger partial charge in [-0.05, 0) is 52.0 Å². The van der Waals surface area contributed by atoms with E-state index in [4.69, 9.17) is 0 Å². The highest BCUT2D eigenvalue weighted by molar-refractivity contribution is 14.0. The van der Waals surface area contributed by atoms with Gasteiger partial charge in [0.25, 0.3) is 0 Å². The number of aryl methyl sites for hydroxylation is 2. The third-order valence-electron chi connectivity index (χ3n) is 6.09. The van der Waals surface area contributed by atoms with Crippen LogP contribution in [0, 0.1) is 0 Å². The van der Waals surface area contributed by atoms with Crippen molar-refractivity contribution in [2.24, 2.45) is 4.99 Å². The zero-order chi connectivity index (χ0) is 20.5. The number of piperidine rings is 1. The highest BCUT2D eigenvalue weighted by atomic mass is 127. The zero-order valence-corrected chi connectivity index (χ0v) is 21.1. The maximum Gasteiger partial charge on any atom is 0.345 e. The lowest BCUT2D eigenvalue weighted by Gasteiger charge is -2.35. The Bertz CT molecular complexity index is 715. The van der Waals surface area contributed by atoms with Gasteiger partial charge in [-0.2, -0.15) is 5.10 Å². The van der Waals surface area contributed by atoms with Crippen LogP contribution >= 0.6 is 24.0 Å². The minimum Gasteiger partial charge on any atom is -0.357 e. The highest BCUT2D eigenvalue weighted by Crippen LogP contribution is 2.18. The second-order valence-electron chi connectivity index (χ2n) is 8.17. The number of halogens is 1. The van der Waals surface area contributed by atoms with Gasteiger partial charge in [0.15, 0.2) is 5.96 Å². The molecule has 2 aliphatic heterocycles. The average Bonchev–Trinajstić information content (AvgIpc) is 3.07. The first-order valence-electron chi connectivity index (χ1n) is 11.7. The van der Waals surface area contributed by atoms with E-state index >= 15 is 0 Å². The summed E-state index contributed by atoms with van der Waals surface area (Å²) >= 11 is 0. The van der Waals surface area contributed by atoms with Gasteiger partial charge in [-0.15, -0.1) is 24.0 Å². The third kappa shape index (κ3) is 6.96. The summed E-state index contributed by atoms with van der Waals surface area (Å²) in [5, 5.41) is 11.3. The van der Waals surface area contributed by atoms with E-state index in [-0.39, 0.29) is 29.7 Å². The number of hydrogen-bond donors (Lipinski definition) is 2. The summed E-state index contributed by atoms with van der Waals surface area (Å²) in [5.74, 6) is 1.82. The molecular weight excluding hydrogens is 493 g/mol. The zero-order valence-electron chi connectivity index (χ0n) is 18.7. The van der Waals surface area contributed by atoms with Gasteiger partial charge < -0.3 is 10.6 Å². The third-order valence-corrected chi connectivity index (χ3v) is 6.09. The van der Waals surface area contributed by atoms with Gasteiger partial charge in [0.05, 0.1) is 0 Å². The number of rotatable bonds is 9. The summed E-state index contributed by atoms with van der Waals surface area (Å²) in [6.07, 6.45) is 9.22. The van der Waals surface area contributed by atoms with Crippen molar-refractivity contribution < 1.29 is 0 Å². The molecular formula is C21H40IN7O. The van der Waals surface area contributed by atoms with Crippen LogP contribution in [0.3, 0.4) is 0 Å². The number of guanidine groups is 1. The second-order valence-corrected chi connectivity index (χ2v) is 8.17. The van der Waals surface area contributed by atoms with E-state index in [1.807, 2.05) is 4.57 Å². The van der Waals surface area contributed by atoms with Gasteiger partial charge >= 0.3 is 5.69 Å². The molecule has 9 heteroatoms. The minimum atomic E-state index is 0. The Hall–Kier alpha value is -1.10. The Morgan fingerprint density at radius 1 is 1.13 bits per heavy atom. The van der Waals surface area contributed by atoms with E-state index in [0.717, 1.165) is 69.7 Å². The lowest BCUT2D eigenvalue weighted by Crippen LogP contribution is -2.46. The molecule has 0 spiro atoms. The van der Waals surface area contributed by atoms with Crippen molar-refractivity contribution in [3.05, 3.63) is 16.3 Å². The Morgan fingerprint density at radius 3 is 2.73 bits per heavy atom. The molecule has 2 aliphatic rings. The molecule has 3 heterocycles. The first kappa shape index (κ1) is 25.2. The summed E-state index contributed by atoms with van der Waals surface area (Å²) < 4.78 is 3.46. The monoisotopic (exact) mass is 533 g/mol. The lowest BCUT2D eigenvalue weighted by atomic mass is 10.0. The Morgan fingerprint density at radius 2 is 1.97 bits per heavy atom. The average molecular weight is 534 g/mol. The van der Waals surface area contributed by atoms with Crippen LogP contribution in [-0.2, 0) is 19.5 Å². The van der Waals surface area contributed by atoms with Crippen LogP contribution in [-0.4, -0.2) is 64.0 Å².